The zero-order valence-electron chi connectivity index (χ0n) is 16.3. The Bertz CT molecular complexity index is 989. The summed E-state index contributed by atoms with van der Waals surface area (Å²) in [4.78, 5) is 14.7. The Morgan fingerprint density at radius 3 is 2.67 bits per heavy atom. The van der Waals surface area contributed by atoms with Crippen LogP contribution in [-0.2, 0) is 11.3 Å². The van der Waals surface area contributed by atoms with Gasteiger partial charge in [-0.15, -0.1) is 10.2 Å². The Labute approximate surface area is 182 Å². The van der Waals surface area contributed by atoms with Crippen LogP contribution in [0.25, 0.3) is 0 Å². The molecule has 1 aromatic heterocycles. The van der Waals surface area contributed by atoms with E-state index in [0.29, 0.717) is 15.2 Å². The molecule has 0 spiro atoms. The van der Waals surface area contributed by atoms with Crippen molar-refractivity contribution in [2.24, 2.45) is 0 Å². The number of likely N-dealkylation sites (tertiary alicyclic amines) is 1. The fraction of sp³-hybridized carbons (Fsp3) is 0.286. The third kappa shape index (κ3) is 6.01. The smallest absolute Gasteiger partial charge is 0.234 e. The molecule has 0 radical (unpaired) electrons. The van der Waals surface area contributed by atoms with Gasteiger partial charge in [0, 0.05) is 17.9 Å². The molecule has 1 aliphatic heterocycles. The second kappa shape index (κ2) is 10.0. The van der Waals surface area contributed by atoms with Crippen LogP contribution in [-0.4, -0.2) is 39.8 Å². The summed E-state index contributed by atoms with van der Waals surface area (Å²) in [7, 11) is 0. The highest BCUT2D eigenvalue weighted by molar-refractivity contribution is 8.01. The van der Waals surface area contributed by atoms with Crippen LogP contribution in [0.5, 0.6) is 0 Å². The number of nitrogens with zero attached hydrogens (tertiary/aromatic N) is 3. The molecule has 2 aromatic carbocycles. The molecule has 0 unspecified atom stereocenters. The molecule has 156 valence electrons. The summed E-state index contributed by atoms with van der Waals surface area (Å²) in [6.45, 7) is 3.30. The molecule has 1 fully saturated rings. The highest BCUT2D eigenvalue weighted by atomic mass is 32.2. The Balaban J connectivity index is 1.23. The number of carbonyl (C=O) groups is 1. The van der Waals surface area contributed by atoms with Gasteiger partial charge in [0.05, 0.1) is 5.75 Å². The lowest BCUT2D eigenvalue weighted by Gasteiger charge is -2.14. The SMILES string of the molecule is O=C(CSc1nnc(Nc2cccc(F)c2)s1)Nc1ccc(CN2CCCC2)cc1. The minimum absolute atomic E-state index is 0.0952. The van der Waals surface area contributed by atoms with Crippen LogP contribution in [0.4, 0.5) is 20.9 Å². The van der Waals surface area contributed by atoms with Gasteiger partial charge >= 0.3 is 0 Å². The van der Waals surface area contributed by atoms with Gasteiger partial charge in [-0.2, -0.15) is 0 Å². The van der Waals surface area contributed by atoms with Gasteiger partial charge in [0.25, 0.3) is 0 Å². The number of benzene rings is 2. The number of halogens is 1. The van der Waals surface area contributed by atoms with Crippen molar-refractivity contribution in [2.75, 3.05) is 29.5 Å². The first-order valence-electron chi connectivity index (χ1n) is 9.74. The first-order chi connectivity index (χ1) is 14.6. The Hall–Kier alpha value is -2.49. The van der Waals surface area contributed by atoms with Crippen molar-refractivity contribution in [3.05, 3.63) is 59.9 Å². The molecule has 2 N–H and O–H groups in total. The molecule has 0 aliphatic carbocycles. The van der Waals surface area contributed by atoms with Crippen LogP contribution >= 0.6 is 23.1 Å². The minimum Gasteiger partial charge on any atom is -0.330 e. The predicted octanol–water partition coefficient (Wildman–Crippen LogP) is 4.75. The van der Waals surface area contributed by atoms with Crippen LogP contribution in [0.2, 0.25) is 0 Å². The average molecular weight is 444 g/mol. The predicted molar refractivity (Wildman–Crippen MR) is 120 cm³/mol. The third-order valence-electron chi connectivity index (χ3n) is 4.65. The van der Waals surface area contributed by atoms with E-state index in [0.717, 1.165) is 12.2 Å². The standard InChI is InChI=1S/C21H22FN5OS2/c22-16-4-3-5-18(12-16)24-20-25-26-21(30-20)29-14-19(28)23-17-8-6-15(7-9-17)13-27-10-1-2-11-27/h3-9,12H,1-2,10-11,13-14H2,(H,23,28)(H,24,25). The lowest BCUT2D eigenvalue weighted by molar-refractivity contribution is -0.113. The molecule has 1 aliphatic rings. The van der Waals surface area contributed by atoms with Crippen LogP contribution in [0.3, 0.4) is 0 Å². The molecule has 1 amide bonds. The number of rotatable bonds is 8. The van der Waals surface area contributed by atoms with Gasteiger partial charge in [0.15, 0.2) is 4.34 Å². The van der Waals surface area contributed by atoms with Gasteiger partial charge in [-0.25, -0.2) is 4.39 Å². The van der Waals surface area contributed by atoms with Crippen molar-refractivity contribution >= 4 is 45.5 Å². The Kier molecular flexibility index (Phi) is 6.93. The quantitative estimate of drug-likeness (QED) is 0.490. The maximum Gasteiger partial charge on any atom is 0.234 e. The number of nitrogens with one attached hydrogen (secondary N) is 2. The molecular formula is C21H22FN5OS2. The zero-order valence-corrected chi connectivity index (χ0v) is 17.9. The number of carbonyl (C=O) groups excluding carboxylic acids is 1. The fourth-order valence-electron chi connectivity index (χ4n) is 3.23. The van der Waals surface area contributed by atoms with Gasteiger partial charge < -0.3 is 10.6 Å². The highest BCUT2D eigenvalue weighted by Crippen LogP contribution is 2.28. The van der Waals surface area contributed by atoms with E-state index >= 15 is 0 Å². The summed E-state index contributed by atoms with van der Waals surface area (Å²) in [5.74, 6) is -0.175. The second-order valence-corrected chi connectivity index (χ2v) is 9.23. The average Bonchev–Trinajstić information content (AvgIpc) is 3.40. The fourth-order valence-corrected chi connectivity index (χ4v) is 4.80. The van der Waals surface area contributed by atoms with E-state index in [1.165, 1.54) is 66.7 Å². The van der Waals surface area contributed by atoms with Crippen molar-refractivity contribution in [2.45, 2.75) is 23.7 Å². The Morgan fingerprint density at radius 1 is 1.10 bits per heavy atom. The van der Waals surface area contributed by atoms with E-state index in [1.54, 1.807) is 12.1 Å². The first-order valence-corrected chi connectivity index (χ1v) is 11.5. The maximum atomic E-state index is 13.3. The number of anilines is 3. The first kappa shape index (κ1) is 20.8. The lowest BCUT2D eigenvalue weighted by Crippen LogP contribution is -2.18. The van der Waals surface area contributed by atoms with Gasteiger partial charge in [0.2, 0.25) is 11.0 Å². The van der Waals surface area contributed by atoms with Crippen LogP contribution in [0.15, 0.2) is 52.9 Å². The normalized spacial score (nSPS) is 14.0. The van der Waals surface area contributed by atoms with E-state index < -0.39 is 0 Å². The van der Waals surface area contributed by atoms with Crippen LogP contribution in [0.1, 0.15) is 18.4 Å². The summed E-state index contributed by atoms with van der Waals surface area (Å²) >= 11 is 2.64. The number of hydrogen-bond acceptors (Lipinski definition) is 7. The molecule has 30 heavy (non-hydrogen) atoms. The summed E-state index contributed by atoms with van der Waals surface area (Å²) in [6, 6.07) is 14.2. The van der Waals surface area contributed by atoms with Crippen LogP contribution < -0.4 is 10.6 Å². The van der Waals surface area contributed by atoms with Gasteiger partial charge in [-0.3, -0.25) is 9.69 Å². The van der Waals surface area contributed by atoms with Gasteiger partial charge in [0.1, 0.15) is 5.82 Å². The van der Waals surface area contributed by atoms with Gasteiger partial charge in [-0.05, 0) is 61.8 Å². The lowest BCUT2D eigenvalue weighted by atomic mass is 10.2. The van der Waals surface area contributed by atoms with E-state index in [9.17, 15) is 9.18 Å². The summed E-state index contributed by atoms with van der Waals surface area (Å²) in [6.07, 6.45) is 2.56. The molecule has 6 nitrogen and oxygen atoms in total. The van der Waals surface area contributed by atoms with Crippen molar-refractivity contribution in [3.63, 3.8) is 0 Å². The molecule has 0 saturated carbocycles. The molecule has 2 heterocycles. The topological polar surface area (TPSA) is 70.1 Å². The monoisotopic (exact) mass is 443 g/mol. The Morgan fingerprint density at radius 2 is 1.90 bits per heavy atom. The molecule has 0 atom stereocenters. The molecule has 3 aromatic rings. The summed E-state index contributed by atoms with van der Waals surface area (Å²) in [5, 5.41) is 14.6. The van der Waals surface area contributed by atoms with Crippen molar-refractivity contribution < 1.29 is 9.18 Å². The molecule has 9 heteroatoms. The molecule has 1 saturated heterocycles. The van der Waals surface area contributed by atoms with Crippen molar-refractivity contribution in [1.29, 1.82) is 0 Å². The van der Waals surface area contributed by atoms with Gasteiger partial charge in [-0.1, -0.05) is 41.3 Å². The van der Waals surface area contributed by atoms with E-state index in [4.69, 9.17) is 0 Å². The third-order valence-corrected chi connectivity index (χ3v) is 6.62. The highest BCUT2D eigenvalue weighted by Gasteiger charge is 2.12. The maximum absolute atomic E-state index is 13.3. The molecule has 4 rings (SSSR count). The van der Waals surface area contributed by atoms with Crippen LogP contribution in [0, 0.1) is 5.82 Å². The van der Waals surface area contributed by atoms with E-state index in [1.807, 2.05) is 12.1 Å². The summed E-state index contributed by atoms with van der Waals surface area (Å²) in [5.41, 5.74) is 2.65. The number of hydrogen-bond donors (Lipinski definition) is 2. The summed E-state index contributed by atoms with van der Waals surface area (Å²) < 4.78 is 13.9. The van der Waals surface area contributed by atoms with Crippen molar-refractivity contribution in [3.8, 4) is 0 Å². The number of amides is 1. The van der Waals surface area contributed by atoms with Crippen molar-refractivity contribution in [1.82, 2.24) is 15.1 Å². The molecule has 0 bridgehead atoms. The zero-order chi connectivity index (χ0) is 20.8. The van der Waals surface area contributed by atoms with E-state index in [-0.39, 0.29) is 17.5 Å². The second-order valence-electron chi connectivity index (χ2n) is 7.03. The number of aromatic nitrogens is 2. The minimum atomic E-state index is -0.320. The molecular weight excluding hydrogens is 421 g/mol. The number of thioether (sulfide) groups is 1. The van der Waals surface area contributed by atoms with E-state index in [2.05, 4.69) is 37.9 Å². The largest absolute Gasteiger partial charge is 0.330 e.